The Balaban J connectivity index is 1.56. The second kappa shape index (κ2) is 9.12. The predicted molar refractivity (Wildman–Crippen MR) is 120 cm³/mol. The van der Waals surface area contributed by atoms with E-state index in [2.05, 4.69) is 5.10 Å². The number of carbonyl (C=O) groups excluding carboxylic acids is 1. The Morgan fingerprint density at radius 1 is 1.15 bits per heavy atom. The van der Waals surface area contributed by atoms with Gasteiger partial charge >= 0.3 is 6.18 Å². The number of carbonyl (C=O) groups is 1. The SMILES string of the molecule is COc1ccc(CCn2c(C)cc(C(=O)Cn3nc(C4CC4)cc(C(F)(F)F)c3=O)c2C)cc1. The Bertz CT molecular complexity index is 1270. The first-order valence-corrected chi connectivity index (χ1v) is 11.1. The van der Waals surface area contributed by atoms with Gasteiger partial charge < -0.3 is 9.30 Å². The van der Waals surface area contributed by atoms with E-state index < -0.39 is 29.6 Å². The van der Waals surface area contributed by atoms with Crippen LogP contribution in [0.2, 0.25) is 0 Å². The molecule has 3 aromatic rings. The van der Waals surface area contributed by atoms with Crippen molar-refractivity contribution in [2.45, 2.75) is 58.3 Å². The third kappa shape index (κ3) is 4.93. The van der Waals surface area contributed by atoms with Gasteiger partial charge in [0.05, 0.1) is 12.8 Å². The molecule has 0 radical (unpaired) electrons. The van der Waals surface area contributed by atoms with Crippen LogP contribution in [-0.2, 0) is 25.7 Å². The number of hydrogen-bond donors (Lipinski definition) is 0. The Labute approximate surface area is 195 Å². The summed E-state index contributed by atoms with van der Waals surface area (Å²) in [6, 6.07) is 10.3. The third-order valence-electron chi connectivity index (χ3n) is 6.24. The summed E-state index contributed by atoms with van der Waals surface area (Å²) in [5.74, 6) is 0.235. The maximum atomic E-state index is 13.4. The molecule has 1 saturated carbocycles. The van der Waals surface area contributed by atoms with Gasteiger partial charge in [0.2, 0.25) is 0 Å². The van der Waals surface area contributed by atoms with Crippen molar-refractivity contribution in [2.75, 3.05) is 7.11 Å². The molecule has 34 heavy (non-hydrogen) atoms. The Hall–Kier alpha value is -3.36. The molecule has 1 aliphatic rings. The van der Waals surface area contributed by atoms with Crippen molar-refractivity contribution in [1.29, 1.82) is 0 Å². The van der Waals surface area contributed by atoms with Crippen LogP contribution in [0.4, 0.5) is 13.2 Å². The van der Waals surface area contributed by atoms with Crippen LogP contribution in [0.3, 0.4) is 0 Å². The van der Waals surface area contributed by atoms with Crippen LogP contribution in [-0.4, -0.2) is 27.2 Å². The largest absolute Gasteiger partial charge is 0.497 e. The molecule has 9 heteroatoms. The van der Waals surface area contributed by atoms with E-state index in [4.69, 9.17) is 4.74 Å². The van der Waals surface area contributed by atoms with Gasteiger partial charge in [0.25, 0.3) is 5.56 Å². The molecule has 0 atom stereocenters. The second-order valence-corrected chi connectivity index (χ2v) is 8.68. The maximum Gasteiger partial charge on any atom is 0.421 e. The minimum Gasteiger partial charge on any atom is -0.497 e. The van der Waals surface area contributed by atoms with Crippen molar-refractivity contribution >= 4 is 5.78 Å². The standard InChI is InChI=1S/C25H26F3N3O3/c1-15-12-20(16(2)30(15)11-10-17-4-8-19(34-3)9-5-17)23(32)14-31-24(33)21(25(26,27)28)13-22(29-31)18-6-7-18/h4-5,8-9,12-13,18H,6-7,10-11,14H2,1-3H3. The van der Waals surface area contributed by atoms with E-state index in [1.165, 1.54) is 0 Å². The molecule has 0 bridgehead atoms. The molecule has 180 valence electrons. The summed E-state index contributed by atoms with van der Waals surface area (Å²) >= 11 is 0. The summed E-state index contributed by atoms with van der Waals surface area (Å²) in [7, 11) is 1.61. The molecule has 1 fully saturated rings. The fraction of sp³-hybridized carbons (Fsp3) is 0.400. The average molecular weight is 473 g/mol. The fourth-order valence-corrected chi connectivity index (χ4v) is 4.13. The van der Waals surface area contributed by atoms with Crippen molar-refractivity contribution < 1.29 is 22.7 Å². The Kier molecular flexibility index (Phi) is 6.38. The average Bonchev–Trinajstić information content (AvgIpc) is 3.59. The molecule has 0 spiro atoms. The number of hydrogen-bond acceptors (Lipinski definition) is 4. The molecule has 6 nitrogen and oxygen atoms in total. The van der Waals surface area contributed by atoms with Crippen LogP contribution >= 0.6 is 0 Å². The van der Waals surface area contributed by atoms with Gasteiger partial charge in [-0.05, 0) is 62.9 Å². The molecule has 0 N–H and O–H groups in total. The Morgan fingerprint density at radius 3 is 2.41 bits per heavy atom. The summed E-state index contributed by atoms with van der Waals surface area (Å²) in [5.41, 5.74) is 0.695. The van der Waals surface area contributed by atoms with E-state index in [9.17, 15) is 22.8 Å². The zero-order chi connectivity index (χ0) is 24.6. The van der Waals surface area contributed by atoms with Crippen LogP contribution in [0.1, 0.15) is 57.3 Å². The maximum absolute atomic E-state index is 13.4. The number of ketones is 1. The third-order valence-corrected chi connectivity index (χ3v) is 6.24. The van der Waals surface area contributed by atoms with Crippen LogP contribution in [0.15, 0.2) is 41.2 Å². The minimum absolute atomic E-state index is 0.0916. The van der Waals surface area contributed by atoms with Crippen molar-refractivity contribution in [3.05, 3.63) is 80.5 Å². The molecule has 0 amide bonds. The van der Waals surface area contributed by atoms with E-state index in [0.29, 0.717) is 22.5 Å². The van der Waals surface area contributed by atoms with E-state index in [1.54, 1.807) is 20.1 Å². The van der Waals surface area contributed by atoms with E-state index in [0.717, 1.165) is 42.3 Å². The quantitative estimate of drug-likeness (QED) is 0.445. The highest BCUT2D eigenvalue weighted by Crippen LogP contribution is 2.40. The van der Waals surface area contributed by atoms with Crippen LogP contribution in [0.25, 0.3) is 0 Å². The molecule has 1 aliphatic carbocycles. The number of halogens is 3. The molecule has 2 aromatic heterocycles. The lowest BCUT2D eigenvalue weighted by Crippen LogP contribution is -2.33. The van der Waals surface area contributed by atoms with Gasteiger partial charge in [0.1, 0.15) is 17.9 Å². The smallest absolute Gasteiger partial charge is 0.421 e. The van der Waals surface area contributed by atoms with E-state index in [-0.39, 0.29) is 11.6 Å². The zero-order valence-corrected chi connectivity index (χ0v) is 19.3. The molecule has 1 aromatic carbocycles. The highest BCUT2D eigenvalue weighted by Gasteiger charge is 2.38. The molecule has 0 aliphatic heterocycles. The van der Waals surface area contributed by atoms with Gasteiger partial charge in [-0.1, -0.05) is 12.1 Å². The molecule has 4 rings (SSSR count). The normalized spacial score (nSPS) is 13.8. The molecule has 2 heterocycles. The van der Waals surface area contributed by atoms with Crippen LogP contribution in [0, 0.1) is 13.8 Å². The molecular formula is C25H26F3N3O3. The summed E-state index contributed by atoms with van der Waals surface area (Å²) < 4.78 is 48.0. The van der Waals surface area contributed by atoms with Crippen molar-refractivity contribution in [3.8, 4) is 5.75 Å². The second-order valence-electron chi connectivity index (χ2n) is 8.68. The number of aryl methyl sites for hydroxylation is 2. The summed E-state index contributed by atoms with van der Waals surface area (Å²) in [6.07, 6.45) is -2.61. The summed E-state index contributed by atoms with van der Waals surface area (Å²) in [5, 5.41) is 4.09. The first-order valence-electron chi connectivity index (χ1n) is 11.1. The van der Waals surface area contributed by atoms with Gasteiger partial charge in [0.15, 0.2) is 5.78 Å². The first-order chi connectivity index (χ1) is 16.1. The zero-order valence-electron chi connectivity index (χ0n) is 19.3. The van der Waals surface area contributed by atoms with Crippen LogP contribution in [0.5, 0.6) is 5.75 Å². The summed E-state index contributed by atoms with van der Waals surface area (Å²) in [6.45, 7) is 3.76. The van der Waals surface area contributed by atoms with Gasteiger partial charge in [-0.25, -0.2) is 4.68 Å². The van der Waals surface area contributed by atoms with Crippen molar-refractivity contribution in [2.24, 2.45) is 0 Å². The Morgan fingerprint density at radius 2 is 1.82 bits per heavy atom. The van der Waals surface area contributed by atoms with Crippen molar-refractivity contribution in [1.82, 2.24) is 14.3 Å². The van der Waals surface area contributed by atoms with Crippen molar-refractivity contribution in [3.63, 3.8) is 0 Å². The molecule has 0 unspecified atom stereocenters. The lowest BCUT2D eigenvalue weighted by Gasteiger charge is -2.12. The lowest BCUT2D eigenvalue weighted by atomic mass is 10.1. The van der Waals surface area contributed by atoms with Gasteiger partial charge in [-0.3, -0.25) is 9.59 Å². The van der Waals surface area contributed by atoms with Gasteiger partial charge in [0, 0.05) is 29.4 Å². The number of alkyl halides is 3. The van der Waals surface area contributed by atoms with E-state index in [1.807, 2.05) is 35.8 Å². The minimum atomic E-state index is -4.80. The predicted octanol–water partition coefficient (Wildman–Crippen LogP) is 4.69. The fourth-order valence-electron chi connectivity index (χ4n) is 4.13. The number of ether oxygens (including phenoxy) is 1. The van der Waals surface area contributed by atoms with Crippen LogP contribution < -0.4 is 10.3 Å². The number of Topliss-reactive ketones (excluding diaryl/α,β-unsaturated/α-hetero) is 1. The number of rotatable bonds is 8. The monoisotopic (exact) mass is 473 g/mol. The number of aromatic nitrogens is 3. The number of methoxy groups -OCH3 is 1. The lowest BCUT2D eigenvalue weighted by molar-refractivity contribution is -0.139. The van der Waals surface area contributed by atoms with E-state index >= 15 is 0 Å². The number of benzene rings is 1. The highest BCUT2D eigenvalue weighted by atomic mass is 19.4. The number of nitrogens with zero attached hydrogens (tertiary/aromatic N) is 3. The molecular weight excluding hydrogens is 447 g/mol. The van der Waals surface area contributed by atoms with Gasteiger partial charge in [-0.15, -0.1) is 0 Å². The first kappa shape index (κ1) is 23.8. The molecule has 0 saturated heterocycles. The summed E-state index contributed by atoms with van der Waals surface area (Å²) in [4.78, 5) is 25.5. The topological polar surface area (TPSA) is 66.1 Å². The van der Waals surface area contributed by atoms with Gasteiger partial charge in [-0.2, -0.15) is 18.3 Å². The highest BCUT2D eigenvalue weighted by molar-refractivity contribution is 5.97.